The van der Waals surface area contributed by atoms with E-state index in [-0.39, 0.29) is 11.7 Å². The average Bonchev–Trinajstić information content (AvgIpc) is 3.15. The number of hydrogen-bond donors (Lipinski definition) is 0. The quantitative estimate of drug-likeness (QED) is 0.567. The average molecular weight is 401 g/mol. The Morgan fingerprint density at radius 2 is 2.04 bits per heavy atom. The second-order valence-electron chi connectivity index (χ2n) is 6.16. The number of carbonyl (C=O) groups is 1. The molecule has 28 heavy (non-hydrogen) atoms. The van der Waals surface area contributed by atoms with Gasteiger partial charge in [0.1, 0.15) is 11.6 Å². The molecule has 0 N–H and O–H groups in total. The molecule has 3 rings (SSSR count). The summed E-state index contributed by atoms with van der Waals surface area (Å²) in [5, 5.41) is 11.8. The number of methoxy groups -OCH3 is 1. The summed E-state index contributed by atoms with van der Waals surface area (Å²) in [5.74, 6) is 0.312. The number of tetrazole rings is 1. The molecule has 0 saturated heterocycles. The minimum absolute atomic E-state index is 0.0986. The van der Waals surface area contributed by atoms with Gasteiger partial charge in [0.15, 0.2) is 0 Å². The Hall–Kier alpha value is -2.94. The number of halogens is 1. The molecular formula is C19H20FN5O2S. The minimum atomic E-state index is -0.415. The third-order valence-electron chi connectivity index (χ3n) is 4.07. The van der Waals surface area contributed by atoms with E-state index in [0.717, 1.165) is 17.0 Å². The molecule has 0 fully saturated rings. The molecule has 1 aromatic heterocycles. The molecule has 2 aromatic carbocycles. The first-order valence-corrected chi connectivity index (χ1v) is 9.45. The number of carbonyl (C=O) groups excluding carboxylic acids is 1. The predicted octanol–water partition coefficient (Wildman–Crippen LogP) is 2.95. The monoisotopic (exact) mass is 401 g/mol. The summed E-state index contributed by atoms with van der Waals surface area (Å²) in [6, 6.07) is 13.5. The van der Waals surface area contributed by atoms with Crippen molar-refractivity contribution in [2.45, 2.75) is 23.9 Å². The smallest absolute Gasteiger partial charge is 0.235 e. The number of amides is 1. The molecule has 1 atom stereocenters. The molecule has 146 valence electrons. The van der Waals surface area contributed by atoms with Gasteiger partial charge in [-0.05, 0) is 59.3 Å². The Labute approximate surface area is 166 Å². The number of nitrogens with zero attached hydrogens (tertiary/aromatic N) is 5. The maximum atomic E-state index is 13.3. The van der Waals surface area contributed by atoms with Crippen LogP contribution in [0.25, 0.3) is 5.69 Å². The van der Waals surface area contributed by atoms with Crippen LogP contribution >= 0.6 is 11.8 Å². The van der Waals surface area contributed by atoms with E-state index in [1.165, 1.54) is 23.9 Å². The molecule has 9 heteroatoms. The van der Waals surface area contributed by atoms with E-state index in [1.807, 2.05) is 24.3 Å². The summed E-state index contributed by atoms with van der Waals surface area (Å²) in [7, 11) is 3.29. The molecule has 1 heterocycles. The van der Waals surface area contributed by atoms with Crippen molar-refractivity contribution in [3.8, 4) is 11.4 Å². The fraction of sp³-hybridized carbons (Fsp3) is 0.263. The highest BCUT2D eigenvalue weighted by Gasteiger charge is 2.22. The predicted molar refractivity (Wildman–Crippen MR) is 104 cm³/mol. The number of ether oxygens (including phenoxy) is 1. The molecule has 1 amide bonds. The van der Waals surface area contributed by atoms with E-state index in [9.17, 15) is 9.18 Å². The summed E-state index contributed by atoms with van der Waals surface area (Å²) < 4.78 is 20.1. The standard InChI is InChI=1S/C19H20FN5O2S/c1-13(18(26)24(2)12-14-5-4-6-15(20)11-14)28-19-21-22-23-25(19)16-7-9-17(27-3)10-8-16/h4-11,13H,12H2,1-3H3/t13-/m0/s1. The van der Waals surface area contributed by atoms with Gasteiger partial charge in [0.05, 0.1) is 18.0 Å². The van der Waals surface area contributed by atoms with E-state index in [4.69, 9.17) is 4.74 Å². The van der Waals surface area contributed by atoms with E-state index >= 15 is 0 Å². The van der Waals surface area contributed by atoms with E-state index in [1.54, 1.807) is 42.8 Å². The van der Waals surface area contributed by atoms with Crippen LogP contribution in [-0.4, -0.2) is 50.4 Å². The summed E-state index contributed by atoms with van der Waals surface area (Å²) in [6.45, 7) is 2.12. The molecule has 0 aliphatic rings. The largest absolute Gasteiger partial charge is 0.497 e. The second kappa shape index (κ2) is 8.83. The third-order valence-corrected chi connectivity index (χ3v) is 5.09. The van der Waals surface area contributed by atoms with Gasteiger partial charge in [0.2, 0.25) is 11.1 Å². The maximum Gasteiger partial charge on any atom is 0.235 e. The Morgan fingerprint density at radius 3 is 2.71 bits per heavy atom. The lowest BCUT2D eigenvalue weighted by Crippen LogP contribution is -2.33. The van der Waals surface area contributed by atoms with Gasteiger partial charge in [0.25, 0.3) is 0 Å². The fourth-order valence-electron chi connectivity index (χ4n) is 2.64. The lowest BCUT2D eigenvalue weighted by Gasteiger charge is -2.21. The van der Waals surface area contributed by atoms with Crippen LogP contribution in [0.5, 0.6) is 5.75 Å². The van der Waals surface area contributed by atoms with E-state index in [2.05, 4.69) is 15.5 Å². The topological polar surface area (TPSA) is 73.1 Å². The normalized spacial score (nSPS) is 11.9. The Morgan fingerprint density at radius 1 is 1.29 bits per heavy atom. The van der Waals surface area contributed by atoms with E-state index < -0.39 is 5.25 Å². The third kappa shape index (κ3) is 4.66. The van der Waals surface area contributed by atoms with Gasteiger partial charge in [-0.3, -0.25) is 4.79 Å². The lowest BCUT2D eigenvalue weighted by atomic mass is 10.2. The fourth-order valence-corrected chi connectivity index (χ4v) is 3.57. The van der Waals surface area contributed by atoms with Crippen molar-refractivity contribution in [2.24, 2.45) is 0 Å². The van der Waals surface area contributed by atoms with Gasteiger partial charge >= 0.3 is 0 Å². The highest BCUT2D eigenvalue weighted by Crippen LogP contribution is 2.25. The van der Waals surface area contributed by atoms with Gasteiger partial charge in [-0.25, -0.2) is 4.39 Å². The first kappa shape index (κ1) is 19.8. The molecule has 3 aromatic rings. The molecule has 0 bridgehead atoms. The summed E-state index contributed by atoms with van der Waals surface area (Å²) in [4.78, 5) is 14.3. The van der Waals surface area contributed by atoms with Crippen molar-refractivity contribution < 1.29 is 13.9 Å². The summed E-state index contributed by atoms with van der Waals surface area (Å²) in [6.07, 6.45) is 0. The van der Waals surface area contributed by atoms with Gasteiger partial charge in [-0.15, -0.1) is 5.10 Å². The summed E-state index contributed by atoms with van der Waals surface area (Å²) >= 11 is 1.26. The van der Waals surface area contributed by atoms with Crippen molar-refractivity contribution >= 4 is 17.7 Å². The molecule has 0 radical (unpaired) electrons. The van der Waals surface area contributed by atoms with Gasteiger partial charge in [0, 0.05) is 13.6 Å². The van der Waals surface area contributed by atoms with Crippen molar-refractivity contribution in [2.75, 3.05) is 14.2 Å². The number of benzene rings is 2. The SMILES string of the molecule is COc1ccc(-n2nnnc2S[C@@H](C)C(=O)N(C)Cc2cccc(F)c2)cc1. The number of rotatable bonds is 7. The molecular weight excluding hydrogens is 381 g/mol. The minimum Gasteiger partial charge on any atom is -0.497 e. The van der Waals surface area contributed by atoms with Crippen LogP contribution in [0.1, 0.15) is 12.5 Å². The van der Waals surface area contributed by atoms with Crippen LogP contribution in [0, 0.1) is 5.82 Å². The van der Waals surface area contributed by atoms with Crippen LogP contribution in [-0.2, 0) is 11.3 Å². The Balaban J connectivity index is 1.68. The second-order valence-corrected chi connectivity index (χ2v) is 7.46. The van der Waals surface area contributed by atoms with Crippen LogP contribution in [0.3, 0.4) is 0 Å². The van der Waals surface area contributed by atoms with Crippen molar-refractivity contribution in [3.63, 3.8) is 0 Å². The number of thioether (sulfide) groups is 1. The van der Waals surface area contributed by atoms with Crippen LogP contribution in [0.15, 0.2) is 53.7 Å². The summed E-state index contributed by atoms with van der Waals surface area (Å²) in [5.41, 5.74) is 1.50. The van der Waals surface area contributed by atoms with Gasteiger partial charge in [-0.2, -0.15) is 4.68 Å². The number of hydrogen-bond acceptors (Lipinski definition) is 6. The lowest BCUT2D eigenvalue weighted by molar-refractivity contribution is -0.129. The van der Waals surface area contributed by atoms with Crippen LogP contribution in [0.2, 0.25) is 0 Å². The molecule has 7 nitrogen and oxygen atoms in total. The molecule has 0 spiro atoms. The highest BCUT2D eigenvalue weighted by molar-refractivity contribution is 8.00. The highest BCUT2D eigenvalue weighted by atomic mass is 32.2. The Bertz CT molecular complexity index is 948. The number of aromatic nitrogens is 4. The van der Waals surface area contributed by atoms with Gasteiger partial charge < -0.3 is 9.64 Å². The zero-order valence-electron chi connectivity index (χ0n) is 15.7. The Kier molecular flexibility index (Phi) is 6.25. The van der Waals surface area contributed by atoms with Crippen LogP contribution in [0.4, 0.5) is 4.39 Å². The molecule has 0 aliphatic heterocycles. The zero-order chi connectivity index (χ0) is 20.1. The van der Waals surface area contributed by atoms with Crippen molar-refractivity contribution in [1.82, 2.24) is 25.1 Å². The van der Waals surface area contributed by atoms with Gasteiger partial charge in [-0.1, -0.05) is 23.9 Å². The first-order valence-electron chi connectivity index (χ1n) is 8.57. The van der Waals surface area contributed by atoms with E-state index in [0.29, 0.717) is 11.7 Å². The van der Waals surface area contributed by atoms with Crippen LogP contribution < -0.4 is 4.74 Å². The molecule has 0 unspecified atom stereocenters. The van der Waals surface area contributed by atoms with Crippen molar-refractivity contribution in [1.29, 1.82) is 0 Å². The van der Waals surface area contributed by atoms with Crippen molar-refractivity contribution in [3.05, 3.63) is 59.9 Å². The maximum absolute atomic E-state index is 13.3. The zero-order valence-corrected chi connectivity index (χ0v) is 16.6. The molecule has 0 aliphatic carbocycles. The molecule has 0 saturated carbocycles. The first-order chi connectivity index (χ1) is 13.5.